The zero-order chi connectivity index (χ0) is 17.6. The van der Waals surface area contributed by atoms with Crippen LogP contribution in [0.2, 0.25) is 0 Å². The van der Waals surface area contributed by atoms with Crippen LogP contribution in [0.1, 0.15) is 31.4 Å². The van der Waals surface area contributed by atoms with Crippen molar-refractivity contribution in [2.24, 2.45) is 0 Å². The van der Waals surface area contributed by atoms with Crippen molar-refractivity contribution in [1.82, 2.24) is 19.8 Å². The number of rotatable bonds is 7. The molecule has 1 amide bonds. The number of pyridine rings is 1. The maximum Gasteiger partial charge on any atom is 0.228 e. The predicted molar refractivity (Wildman–Crippen MR) is 102 cm³/mol. The van der Waals surface area contributed by atoms with Crippen LogP contribution in [0, 0.1) is 0 Å². The highest BCUT2D eigenvalue weighted by Gasteiger charge is 2.27. The summed E-state index contributed by atoms with van der Waals surface area (Å²) in [6.07, 6.45) is 8.68. The molecule has 0 aromatic carbocycles. The lowest BCUT2D eigenvalue weighted by Gasteiger charge is -2.30. The summed E-state index contributed by atoms with van der Waals surface area (Å²) in [6, 6.07) is 4.31. The topological polar surface area (TPSA) is 49.3 Å². The summed E-state index contributed by atoms with van der Waals surface area (Å²) in [5.74, 6) is 0.209. The second-order valence-corrected chi connectivity index (χ2v) is 7.74. The number of likely N-dealkylation sites (N-methyl/N-ethyl adjacent to an activating group) is 1. The predicted octanol–water partition coefficient (Wildman–Crippen LogP) is 3.08. The summed E-state index contributed by atoms with van der Waals surface area (Å²) in [4.78, 5) is 25.9. The minimum Gasteiger partial charge on any atom is -0.338 e. The van der Waals surface area contributed by atoms with E-state index in [9.17, 15) is 4.79 Å². The summed E-state index contributed by atoms with van der Waals surface area (Å²) in [5.41, 5.74) is 1.92. The first-order valence-corrected chi connectivity index (χ1v) is 9.80. The van der Waals surface area contributed by atoms with Gasteiger partial charge in [0, 0.05) is 42.5 Å². The van der Waals surface area contributed by atoms with Gasteiger partial charge in [-0.1, -0.05) is 12.8 Å². The van der Waals surface area contributed by atoms with Gasteiger partial charge in [0.2, 0.25) is 5.91 Å². The normalized spacial score (nSPS) is 15.0. The van der Waals surface area contributed by atoms with Gasteiger partial charge in [-0.2, -0.15) is 0 Å². The molecule has 2 aromatic rings. The van der Waals surface area contributed by atoms with E-state index in [1.807, 2.05) is 17.5 Å². The molecule has 0 spiro atoms. The highest BCUT2D eigenvalue weighted by Crippen LogP contribution is 2.26. The van der Waals surface area contributed by atoms with Crippen LogP contribution in [0.25, 0.3) is 10.6 Å². The summed E-state index contributed by atoms with van der Waals surface area (Å²) >= 11 is 1.59. The van der Waals surface area contributed by atoms with Crippen LogP contribution < -0.4 is 0 Å². The average Bonchev–Trinajstić information content (AvgIpc) is 3.28. The number of aromatic nitrogens is 2. The molecular weight excluding hydrogens is 332 g/mol. The first-order valence-electron chi connectivity index (χ1n) is 8.92. The molecule has 1 fully saturated rings. The summed E-state index contributed by atoms with van der Waals surface area (Å²) in [7, 11) is 4.11. The summed E-state index contributed by atoms with van der Waals surface area (Å²) < 4.78 is 0. The number of carbonyl (C=O) groups is 1. The fraction of sp³-hybridized carbons (Fsp3) is 0.526. The Labute approximate surface area is 153 Å². The average molecular weight is 359 g/mol. The van der Waals surface area contributed by atoms with Crippen molar-refractivity contribution in [3.8, 4) is 10.6 Å². The van der Waals surface area contributed by atoms with E-state index in [4.69, 9.17) is 0 Å². The first kappa shape index (κ1) is 18.0. The molecule has 5 nitrogen and oxygen atoms in total. The number of carbonyl (C=O) groups excluding carboxylic acids is 1. The quantitative estimate of drug-likeness (QED) is 0.763. The molecule has 0 atom stereocenters. The van der Waals surface area contributed by atoms with Crippen LogP contribution in [-0.2, 0) is 11.2 Å². The van der Waals surface area contributed by atoms with E-state index >= 15 is 0 Å². The molecule has 134 valence electrons. The molecule has 2 aromatic heterocycles. The Morgan fingerprint density at radius 1 is 1.20 bits per heavy atom. The van der Waals surface area contributed by atoms with Crippen molar-refractivity contribution < 1.29 is 4.79 Å². The smallest absolute Gasteiger partial charge is 0.228 e. The van der Waals surface area contributed by atoms with Gasteiger partial charge in [0.15, 0.2) is 0 Å². The third kappa shape index (κ3) is 4.86. The van der Waals surface area contributed by atoms with Crippen molar-refractivity contribution in [3.05, 3.63) is 35.6 Å². The number of amides is 1. The van der Waals surface area contributed by atoms with Gasteiger partial charge in [-0.15, -0.1) is 11.3 Å². The zero-order valence-corrected chi connectivity index (χ0v) is 15.8. The van der Waals surface area contributed by atoms with Crippen molar-refractivity contribution in [3.63, 3.8) is 0 Å². The van der Waals surface area contributed by atoms with E-state index in [1.165, 1.54) is 12.8 Å². The van der Waals surface area contributed by atoms with E-state index in [2.05, 4.69) is 33.9 Å². The van der Waals surface area contributed by atoms with Crippen molar-refractivity contribution in [2.75, 3.05) is 27.2 Å². The molecule has 1 aliphatic carbocycles. The molecule has 25 heavy (non-hydrogen) atoms. The van der Waals surface area contributed by atoms with Gasteiger partial charge in [0.05, 0.1) is 12.1 Å². The minimum atomic E-state index is 0.209. The fourth-order valence-electron chi connectivity index (χ4n) is 3.31. The molecule has 1 saturated carbocycles. The third-order valence-corrected chi connectivity index (χ3v) is 5.63. The van der Waals surface area contributed by atoms with Gasteiger partial charge in [0.1, 0.15) is 5.01 Å². The van der Waals surface area contributed by atoms with Crippen molar-refractivity contribution in [1.29, 1.82) is 0 Å². The molecule has 0 aliphatic heterocycles. The molecular formula is C19H26N4OS. The largest absolute Gasteiger partial charge is 0.338 e. The van der Waals surface area contributed by atoms with E-state index in [0.717, 1.165) is 42.2 Å². The van der Waals surface area contributed by atoms with Crippen LogP contribution >= 0.6 is 11.3 Å². The molecule has 1 aliphatic rings. The Kier molecular flexibility index (Phi) is 6.15. The monoisotopic (exact) mass is 358 g/mol. The number of hydrogen-bond donors (Lipinski definition) is 0. The molecule has 3 rings (SSSR count). The van der Waals surface area contributed by atoms with E-state index < -0.39 is 0 Å². The van der Waals surface area contributed by atoms with Crippen LogP contribution in [0.5, 0.6) is 0 Å². The highest BCUT2D eigenvalue weighted by atomic mass is 32.1. The molecule has 6 heteroatoms. The zero-order valence-electron chi connectivity index (χ0n) is 15.0. The first-order chi connectivity index (χ1) is 12.1. The number of thiazole rings is 1. The van der Waals surface area contributed by atoms with Gasteiger partial charge >= 0.3 is 0 Å². The lowest BCUT2D eigenvalue weighted by Crippen LogP contribution is -2.43. The standard InChI is InChI=1S/C19H26N4OS/c1-22(2)11-12-23(17-5-3-4-6-17)18(24)13-16-14-25-19(21-16)15-7-9-20-10-8-15/h7-10,14,17H,3-6,11-13H2,1-2H3. The Morgan fingerprint density at radius 2 is 1.92 bits per heavy atom. The maximum absolute atomic E-state index is 12.9. The Bertz CT molecular complexity index is 680. The summed E-state index contributed by atoms with van der Waals surface area (Å²) in [5, 5.41) is 2.96. The van der Waals surface area contributed by atoms with Gasteiger partial charge in [-0.3, -0.25) is 9.78 Å². The molecule has 0 unspecified atom stereocenters. The SMILES string of the molecule is CN(C)CCN(C(=O)Cc1csc(-c2ccncc2)n1)C1CCCC1. The third-order valence-electron chi connectivity index (χ3n) is 4.69. The Morgan fingerprint density at radius 3 is 2.60 bits per heavy atom. The second-order valence-electron chi connectivity index (χ2n) is 6.89. The molecule has 0 saturated heterocycles. The number of nitrogens with zero attached hydrogens (tertiary/aromatic N) is 4. The van der Waals surface area contributed by atoms with E-state index in [0.29, 0.717) is 12.5 Å². The van der Waals surface area contributed by atoms with Gasteiger partial charge in [-0.25, -0.2) is 4.98 Å². The van der Waals surface area contributed by atoms with Crippen molar-refractivity contribution >= 4 is 17.2 Å². The van der Waals surface area contributed by atoms with Gasteiger partial charge < -0.3 is 9.80 Å². The second kappa shape index (κ2) is 8.54. The van der Waals surface area contributed by atoms with Crippen LogP contribution in [-0.4, -0.2) is 58.9 Å². The van der Waals surface area contributed by atoms with E-state index in [1.54, 1.807) is 23.7 Å². The summed E-state index contributed by atoms with van der Waals surface area (Å²) in [6.45, 7) is 1.71. The number of hydrogen-bond acceptors (Lipinski definition) is 5. The molecule has 0 N–H and O–H groups in total. The lowest BCUT2D eigenvalue weighted by molar-refractivity contribution is -0.132. The lowest BCUT2D eigenvalue weighted by atomic mass is 10.1. The molecule has 0 radical (unpaired) electrons. The Balaban J connectivity index is 1.67. The molecule has 0 bridgehead atoms. The van der Waals surface area contributed by atoms with E-state index in [-0.39, 0.29) is 5.91 Å². The van der Waals surface area contributed by atoms with Crippen LogP contribution in [0.15, 0.2) is 29.9 Å². The Hall–Kier alpha value is -1.79. The molecule has 2 heterocycles. The van der Waals surface area contributed by atoms with Crippen LogP contribution in [0.3, 0.4) is 0 Å². The van der Waals surface area contributed by atoms with Crippen LogP contribution in [0.4, 0.5) is 0 Å². The van der Waals surface area contributed by atoms with Gasteiger partial charge in [-0.05, 0) is 39.1 Å². The van der Waals surface area contributed by atoms with Crippen molar-refractivity contribution in [2.45, 2.75) is 38.1 Å². The highest BCUT2D eigenvalue weighted by molar-refractivity contribution is 7.13. The fourth-order valence-corrected chi connectivity index (χ4v) is 4.13. The maximum atomic E-state index is 12.9. The minimum absolute atomic E-state index is 0.209. The van der Waals surface area contributed by atoms with Gasteiger partial charge in [0.25, 0.3) is 0 Å².